The zero-order valence-corrected chi connectivity index (χ0v) is 18.0. The molecule has 2 aromatic carbocycles. The van der Waals surface area contributed by atoms with E-state index < -0.39 is 10.0 Å². The third kappa shape index (κ3) is 5.81. The Morgan fingerprint density at radius 1 is 1.03 bits per heavy atom. The molecule has 0 radical (unpaired) electrons. The molecular weight excluding hydrogens is 426 g/mol. The molecule has 30 heavy (non-hydrogen) atoms. The number of likely N-dealkylation sites (tertiary alicyclic amines) is 1. The summed E-state index contributed by atoms with van der Waals surface area (Å²) in [5, 5.41) is 8.60. The Balaban J connectivity index is 1.43. The monoisotopic (exact) mass is 449 g/mol. The van der Waals surface area contributed by atoms with E-state index in [1.165, 1.54) is 12.1 Å². The van der Waals surface area contributed by atoms with Crippen molar-refractivity contribution in [2.24, 2.45) is 11.1 Å². The molecule has 2 amide bonds. The Bertz CT molecular complexity index is 1000. The molecule has 3 N–H and O–H groups in total. The highest BCUT2D eigenvalue weighted by Crippen LogP contribution is 2.20. The van der Waals surface area contributed by atoms with Crippen molar-refractivity contribution in [3.05, 3.63) is 64.7 Å². The molecule has 7 nitrogen and oxygen atoms in total. The summed E-state index contributed by atoms with van der Waals surface area (Å²) in [6, 6.07) is 13.1. The Morgan fingerprint density at radius 3 is 2.20 bits per heavy atom. The van der Waals surface area contributed by atoms with Gasteiger partial charge >= 0.3 is 0 Å². The fraction of sp³-hybridized carbons (Fsp3) is 0.333. The third-order valence-corrected chi connectivity index (χ3v) is 6.39. The smallest absolute Gasteiger partial charge is 0.253 e. The van der Waals surface area contributed by atoms with Crippen LogP contribution in [0, 0.1) is 5.92 Å². The average Bonchev–Trinajstić information content (AvgIpc) is 2.73. The van der Waals surface area contributed by atoms with Gasteiger partial charge in [-0.3, -0.25) is 9.59 Å². The summed E-state index contributed by atoms with van der Waals surface area (Å²) in [5.74, 6) is -0.188. The first-order chi connectivity index (χ1) is 14.2. The number of piperidine rings is 1. The lowest BCUT2D eigenvalue weighted by atomic mass is 9.95. The average molecular weight is 450 g/mol. The highest BCUT2D eigenvalue weighted by molar-refractivity contribution is 7.89. The Kier molecular flexibility index (Phi) is 7.12. The number of carbonyl (C=O) groups is 2. The fourth-order valence-electron chi connectivity index (χ4n) is 3.44. The second kappa shape index (κ2) is 9.59. The van der Waals surface area contributed by atoms with Crippen molar-refractivity contribution < 1.29 is 18.0 Å². The van der Waals surface area contributed by atoms with Crippen LogP contribution in [-0.2, 0) is 21.2 Å². The summed E-state index contributed by atoms with van der Waals surface area (Å²) in [4.78, 5) is 26.8. The van der Waals surface area contributed by atoms with Crippen LogP contribution in [0.5, 0.6) is 0 Å². The fourth-order valence-corrected chi connectivity index (χ4v) is 4.08. The molecule has 2 aromatic rings. The van der Waals surface area contributed by atoms with Crippen molar-refractivity contribution in [2.75, 3.05) is 19.6 Å². The van der Waals surface area contributed by atoms with Crippen molar-refractivity contribution in [2.45, 2.75) is 24.2 Å². The molecule has 0 spiro atoms. The summed E-state index contributed by atoms with van der Waals surface area (Å²) in [7, 11) is -3.70. The molecule has 0 unspecified atom stereocenters. The van der Waals surface area contributed by atoms with Crippen LogP contribution in [0.2, 0.25) is 5.02 Å². The number of nitrogens with two attached hydrogens (primary N) is 1. The second-order valence-electron chi connectivity index (χ2n) is 7.30. The maximum atomic E-state index is 12.5. The molecule has 1 heterocycles. The van der Waals surface area contributed by atoms with Crippen LogP contribution in [0.4, 0.5) is 0 Å². The van der Waals surface area contributed by atoms with E-state index in [-0.39, 0.29) is 22.6 Å². The number of benzene rings is 2. The number of nitrogens with zero attached hydrogens (tertiary/aromatic N) is 1. The van der Waals surface area contributed by atoms with E-state index in [2.05, 4.69) is 5.32 Å². The van der Waals surface area contributed by atoms with Gasteiger partial charge in [0.25, 0.3) is 5.91 Å². The number of amides is 2. The van der Waals surface area contributed by atoms with Crippen molar-refractivity contribution in [1.82, 2.24) is 10.2 Å². The lowest BCUT2D eigenvalue weighted by Gasteiger charge is -2.31. The molecule has 1 aliphatic heterocycles. The molecular formula is C21H24ClN3O4S. The lowest BCUT2D eigenvalue weighted by molar-refractivity contribution is -0.126. The molecule has 0 aliphatic carbocycles. The number of hydrogen-bond donors (Lipinski definition) is 2. The van der Waals surface area contributed by atoms with E-state index in [1.807, 2.05) is 0 Å². The van der Waals surface area contributed by atoms with Gasteiger partial charge in [0.15, 0.2) is 0 Å². The van der Waals surface area contributed by atoms with E-state index in [4.69, 9.17) is 16.7 Å². The highest BCUT2D eigenvalue weighted by atomic mass is 35.5. The molecule has 1 aliphatic rings. The van der Waals surface area contributed by atoms with E-state index >= 15 is 0 Å². The van der Waals surface area contributed by atoms with Gasteiger partial charge < -0.3 is 10.2 Å². The SMILES string of the molecule is NS(=O)(=O)c1ccc(CCNC(=O)C2CCN(C(=O)c3ccc(Cl)cc3)CC2)cc1. The first-order valence-electron chi connectivity index (χ1n) is 9.68. The summed E-state index contributed by atoms with van der Waals surface area (Å²) < 4.78 is 22.5. The normalized spacial score (nSPS) is 15.1. The molecule has 9 heteroatoms. The first kappa shape index (κ1) is 22.3. The van der Waals surface area contributed by atoms with Gasteiger partial charge in [-0.2, -0.15) is 0 Å². The number of carbonyl (C=O) groups excluding carboxylic acids is 2. The first-order valence-corrected chi connectivity index (χ1v) is 11.6. The number of halogens is 1. The number of rotatable bonds is 6. The van der Waals surface area contributed by atoms with Crippen molar-refractivity contribution in [1.29, 1.82) is 0 Å². The minimum absolute atomic E-state index is 0.0188. The minimum atomic E-state index is -3.70. The quantitative estimate of drug-likeness (QED) is 0.704. The van der Waals surface area contributed by atoms with Crippen LogP contribution >= 0.6 is 11.6 Å². The summed E-state index contributed by atoms with van der Waals surface area (Å²) in [6.45, 7) is 1.53. The van der Waals surface area contributed by atoms with E-state index in [0.29, 0.717) is 49.5 Å². The number of nitrogens with one attached hydrogen (secondary N) is 1. The summed E-state index contributed by atoms with van der Waals surface area (Å²) in [5.41, 5.74) is 1.50. The molecule has 3 rings (SSSR count). The zero-order chi connectivity index (χ0) is 21.7. The molecule has 1 saturated heterocycles. The van der Waals surface area contributed by atoms with Gasteiger partial charge in [-0.25, -0.2) is 13.6 Å². The predicted octanol–water partition coefficient (Wildman–Crippen LogP) is 2.20. The van der Waals surface area contributed by atoms with Crippen LogP contribution in [0.15, 0.2) is 53.4 Å². The van der Waals surface area contributed by atoms with Gasteiger partial charge in [-0.1, -0.05) is 23.7 Å². The van der Waals surface area contributed by atoms with Crippen LogP contribution in [-0.4, -0.2) is 44.8 Å². The number of hydrogen-bond acceptors (Lipinski definition) is 4. The molecule has 0 saturated carbocycles. The van der Waals surface area contributed by atoms with E-state index in [1.54, 1.807) is 41.3 Å². The molecule has 1 fully saturated rings. The second-order valence-corrected chi connectivity index (χ2v) is 9.30. The van der Waals surface area contributed by atoms with Gasteiger partial charge in [0.05, 0.1) is 4.90 Å². The largest absolute Gasteiger partial charge is 0.356 e. The van der Waals surface area contributed by atoms with Gasteiger partial charge in [-0.15, -0.1) is 0 Å². The molecule has 0 atom stereocenters. The van der Waals surface area contributed by atoms with Crippen molar-refractivity contribution in [3.8, 4) is 0 Å². The van der Waals surface area contributed by atoms with Crippen LogP contribution in [0.3, 0.4) is 0 Å². The molecule has 0 bridgehead atoms. The van der Waals surface area contributed by atoms with Gasteiger partial charge in [0.1, 0.15) is 0 Å². The predicted molar refractivity (Wildman–Crippen MR) is 115 cm³/mol. The maximum absolute atomic E-state index is 12.5. The standard InChI is InChI=1S/C21H24ClN3O4S/c22-18-5-3-17(4-6-18)21(27)25-13-10-16(11-14-25)20(26)24-12-9-15-1-7-19(8-2-15)30(23,28)29/h1-8,16H,9-14H2,(H,24,26)(H2,23,28,29). The summed E-state index contributed by atoms with van der Waals surface area (Å²) >= 11 is 5.86. The van der Waals surface area contributed by atoms with Crippen LogP contribution in [0.25, 0.3) is 0 Å². The van der Waals surface area contributed by atoms with Crippen LogP contribution in [0.1, 0.15) is 28.8 Å². The summed E-state index contributed by atoms with van der Waals surface area (Å²) in [6.07, 6.45) is 1.83. The van der Waals surface area contributed by atoms with E-state index in [9.17, 15) is 18.0 Å². The van der Waals surface area contributed by atoms with E-state index in [0.717, 1.165) is 5.56 Å². The Labute approximate surface area is 181 Å². The Hall–Kier alpha value is -2.42. The molecule has 0 aromatic heterocycles. The minimum Gasteiger partial charge on any atom is -0.356 e. The van der Waals surface area contributed by atoms with Crippen molar-refractivity contribution >= 4 is 33.4 Å². The maximum Gasteiger partial charge on any atom is 0.253 e. The Morgan fingerprint density at radius 2 is 1.63 bits per heavy atom. The van der Waals surface area contributed by atoms with Gasteiger partial charge in [0.2, 0.25) is 15.9 Å². The van der Waals surface area contributed by atoms with Crippen molar-refractivity contribution in [3.63, 3.8) is 0 Å². The highest BCUT2D eigenvalue weighted by Gasteiger charge is 2.27. The van der Waals surface area contributed by atoms with Crippen LogP contribution < -0.4 is 10.5 Å². The third-order valence-electron chi connectivity index (χ3n) is 5.21. The molecule has 160 valence electrons. The topological polar surface area (TPSA) is 110 Å². The van der Waals surface area contributed by atoms with Gasteiger partial charge in [0, 0.05) is 36.1 Å². The zero-order valence-electron chi connectivity index (χ0n) is 16.4. The van der Waals surface area contributed by atoms with Gasteiger partial charge in [-0.05, 0) is 61.2 Å². The number of sulfonamides is 1. The lowest BCUT2D eigenvalue weighted by Crippen LogP contribution is -2.43. The number of primary sulfonamides is 1.